The van der Waals surface area contributed by atoms with Crippen LogP contribution in [-0.2, 0) is 0 Å². The normalized spacial score (nSPS) is 11.3. The molecule has 0 aromatic heterocycles. The lowest BCUT2D eigenvalue weighted by Crippen LogP contribution is -2.18. The van der Waals surface area contributed by atoms with Crippen LogP contribution in [0.15, 0.2) is 42.5 Å². The molecule has 0 unspecified atom stereocenters. The zero-order chi connectivity index (χ0) is 20.8. The van der Waals surface area contributed by atoms with Gasteiger partial charge in [0.15, 0.2) is 0 Å². The number of hydrogen-bond donors (Lipinski definition) is 0. The minimum Gasteiger partial charge on any atom is -0.406 e. The van der Waals surface area contributed by atoms with E-state index in [1.165, 1.54) is 0 Å². The van der Waals surface area contributed by atoms with E-state index in [0.717, 1.165) is 18.2 Å². The van der Waals surface area contributed by atoms with Crippen LogP contribution in [0.25, 0.3) is 0 Å². The van der Waals surface area contributed by atoms with Crippen molar-refractivity contribution in [2.45, 2.75) is 12.7 Å². The molecule has 0 aliphatic heterocycles. The lowest BCUT2D eigenvalue weighted by molar-refractivity contribution is -0.388. The van der Waals surface area contributed by atoms with Crippen molar-refractivity contribution in [1.82, 2.24) is 0 Å². The molecule has 0 spiro atoms. The van der Waals surface area contributed by atoms with E-state index in [9.17, 15) is 45.2 Å². The Hall–Kier alpha value is -3.12. The molecule has 0 aliphatic carbocycles. The highest BCUT2D eigenvalue weighted by Crippen LogP contribution is 2.32. The maximum atomic E-state index is 12.5. The second-order valence-corrected chi connectivity index (χ2v) is 4.42. The molecule has 0 heterocycles. The first-order chi connectivity index (χ1) is 12.3. The van der Waals surface area contributed by atoms with Crippen LogP contribution in [0.2, 0.25) is 0 Å². The molecule has 13 heteroatoms. The zero-order valence-corrected chi connectivity index (χ0v) is 12.6. The van der Waals surface area contributed by atoms with Gasteiger partial charge in [-0.2, -0.15) is 0 Å². The van der Waals surface area contributed by atoms with E-state index in [-0.39, 0.29) is 0 Å². The standard InChI is InChI=1S/C7H3F4NO3.C7H4F4O/c8-4-1-2-5(12(13)14)6(3-4)15-7(9,10)11;8-5-2-1-3-6(4-5)12-7(9,10)11/h1-3H;1-4H. The Bertz CT molecular complexity index is 791. The van der Waals surface area contributed by atoms with Gasteiger partial charge in [0, 0.05) is 18.2 Å². The molecule has 0 radical (unpaired) electrons. The molecule has 0 bridgehead atoms. The molecule has 0 atom stereocenters. The van der Waals surface area contributed by atoms with Crippen molar-refractivity contribution in [3.05, 3.63) is 64.2 Å². The summed E-state index contributed by atoms with van der Waals surface area (Å²) in [5.41, 5.74) is -0.950. The highest BCUT2D eigenvalue weighted by molar-refractivity contribution is 5.46. The third-order valence-electron chi connectivity index (χ3n) is 2.37. The lowest BCUT2D eigenvalue weighted by atomic mass is 10.3. The van der Waals surface area contributed by atoms with Crippen molar-refractivity contribution in [3.63, 3.8) is 0 Å². The fraction of sp³-hybridized carbons (Fsp3) is 0.143. The molecule has 2 aromatic carbocycles. The highest BCUT2D eigenvalue weighted by Gasteiger charge is 2.34. The van der Waals surface area contributed by atoms with Gasteiger partial charge in [-0.3, -0.25) is 10.1 Å². The molecule has 27 heavy (non-hydrogen) atoms. The minimum atomic E-state index is -5.10. The van der Waals surface area contributed by atoms with Gasteiger partial charge in [0.1, 0.15) is 17.4 Å². The van der Waals surface area contributed by atoms with Crippen molar-refractivity contribution >= 4 is 5.69 Å². The predicted molar refractivity (Wildman–Crippen MR) is 72.8 cm³/mol. The van der Waals surface area contributed by atoms with Crippen LogP contribution in [0, 0.1) is 21.7 Å². The quantitative estimate of drug-likeness (QED) is 0.392. The molecule has 0 N–H and O–H groups in total. The molecule has 2 rings (SSSR count). The first-order valence-electron chi connectivity index (χ1n) is 6.48. The Balaban J connectivity index is 0.000000277. The lowest BCUT2D eigenvalue weighted by Gasteiger charge is -2.08. The van der Waals surface area contributed by atoms with Crippen LogP contribution in [0.5, 0.6) is 11.5 Å². The molecular formula is C14H7F8NO4. The number of nitrogens with zero attached hydrogens (tertiary/aromatic N) is 1. The van der Waals surface area contributed by atoms with Gasteiger partial charge in [0.05, 0.1) is 4.92 Å². The third-order valence-corrected chi connectivity index (χ3v) is 2.37. The summed E-state index contributed by atoms with van der Waals surface area (Å²) < 4.78 is 101. The van der Waals surface area contributed by atoms with E-state index in [0.29, 0.717) is 24.3 Å². The Kier molecular flexibility index (Phi) is 6.91. The van der Waals surface area contributed by atoms with Crippen LogP contribution in [0.1, 0.15) is 0 Å². The van der Waals surface area contributed by atoms with Crippen molar-refractivity contribution in [2.24, 2.45) is 0 Å². The van der Waals surface area contributed by atoms with E-state index in [1.54, 1.807) is 0 Å². The van der Waals surface area contributed by atoms with Gasteiger partial charge < -0.3 is 9.47 Å². The van der Waals surface area contributed by atoms with Crippen molar-refractivity contribution < 1.29 is 49.5 Å². The number of hydrogen-bond acceptors (Lipinski definition) is 4. The number of alkyl halides is 6. The number of benzene rings is 2. The second-order valence-electron chi connectivity index (χ2n) is 4.42. The van der Waals surface area contributed by atoms with Gasteiger partial charge in [-0.1, -0.05) is 6.07 Å². The molecule has 0 saturated heterocycles. The van der Waals surface area contributed by atoms with Gasteiger partial charge in [0.2, 0.25) is 5.75 Å². The molecule has 148 valence electrons. The Morgan fingerprint density at radius 1 is 0.815 bits per heavy atom. The minimum absolute atomic E-state index is 0.297. The average Bonchev–Trinajstić information content (AvgIpc) is 2.43. The summed E-state index contributed by atoms with van der Waals surface area (Å²) in [4.78, 5) is 9.16. The largest absolute Gasteiger partial charge is 0.573 e. The van der Waals surface area contributed by atoms with E-state index in [2.05, 4.69) is 9.47 Å². The Morgan fingerprint density at radius 2 is 1.37 bits per heavy atom. The SMILES string of the molecule is Fc1cccc(OC(F)(F)F)c1.O=[N+]([O-])c1ccc(F)cc1OC(F)(F)F. The Labute approximate surface area is 144 Å². The summed E-state index contributed by atoms with van der Waals surface area (Å²) in [5.74, 6) is -3.55. The molecule has 0 amide bonds. The van der Waals surface area contributed by atoms with Gasteiger partial charge in [0.25, 0.3) is 0 Å². The molecule has 0 saturated carbocycles. The van der Waals surface area contributed by atoms with Crippen molar-refractivity contribution in [1.29, 1.82) is 0 Å². The van der Waals surface area contributed by atoms with Crippen LogP contribution < -0.4 is 9.47 Å². The molecule has 5 nitrogen and oxygen atoms in total. The van der Waals surface area contributed by atoms with Crippen LogP contribution >= 0.6 is 0 Å². The zero-order valence-electron chi connectivity index (χ0n) is 12.6. The average molecular weight is 405 g/mol. The number of halogens is 8. The summed E-state index contributed by atoms with van der Waals surface area (Å²) in [6.45, 7) is 0. The Morgan fingerprint density at radius 3 is 1.85 bits per heavy atom. The first-order valence-corrected chi connectivity index (χ1v) is 6.48. The van der Waals surface area contributed by atoms with E-state index >= 15 is 0 Å². The van der Waals surface area contributed by atoms with Crippen LogP contribution in [0.4, 0.5) is 40.8 Å². The van der Waals surface area contributed by atoms with E-state index < -0.39 is 46.5 Å². The second kappa shape index (κ2) is 8.51. The topological polar surface area (TPSA) is 61.6 Å². The maximum absolute atomic E-state index is 12.5. The molecular weight excluding hydrogens is 398 g/mol. The van der Waals surface area contributed by atoms with Crippen molar-refractivity contribution in [3.8, 4) is 11.5 Å². The predicted octanol–water partition coefficient (Wildman–Crippen LogP) is 5.36. The molecule has 0 fully saturated rings. The fourth-order valence-corrected chi connectivity index (χ4v) is 1.51. The third kappa shape index (κ3) is 8.69. The number of rotatable bonds is 3. The fourth-order valence-electron chi connectivity index (χ4n) is 1.51. The van der Waals surface area contributed by atoms with E-state index in [4.69, 9.17) is 0 Å². The number of nitro groups is 1. The first kappa shape index (κ1) is 21.9. The summed E-state index contributed by atoms with van der Waals surface area (Å²) >= 11 is 0. The highest BCUT2D eigenvalue weighted by atomic mass is 19.4. The monoisotopic (exact) mass is 405 g/mol. The smallest absolute Gasteiger partial charge is 0.406 e. The van der Waals surface area contributed by atoms with Gasteiger partial charge in [-0.25, -0.2) is 8.78 Å². The summed E-state index contributed by atoms with van der Waals surface area (Å²) in [6.07, 6.45) is -9.87. The maximum Gasteiger partial charge on any atom is 0.573 e. The van der Waals surface area contributed by atoms with E-state index in [1.807, 2.05) is 0 Å². The van der Waals surface area contributed by atoms with Gasteiger partial charge >= 0.3 is 18.4 Å². The number of ether oxygens (including phenoxy) is 2. The van der Waals surface area contributed by atoms with Crippen LogP contribution in [0.3, 0.4) is 0 Å². The van der Waals surface area contributed by atoms with Crippen LogP contribution in [-0.4, -0.2) is 17.6 Å². The summed E-state index contributed by atoms with van der Waals surface area (Å²) in [7, 11) is 0. The molecule has 2 aromatic rings. The van der Waals surface area contributed by atoms with Gasteiger partial charge in [-0.15, -0.1) is 26.3 Å². The summed E-state index contributed by atoms with van der Waals surface area (Å²) in [5, 5.41) is 10.3. The number of nitro benzene ring substituents is 1. The van der Waals surface area contributed by atoms with Crippen molar-refractivity contribution in [2.75, 3.05) is 0 Å². The molecule has 0 aliphatic rings. The van der Waals surface area contributed by atoms with Gasteiger partial charge in [-0.05, 0) is 18.2 Å². The summed E-state index contributed by atoms with van der Waals surface area (Å²) in [6, 6.07) is 5.41.